The van der Waals surface area contributed by atoms with Crippen molar-refractivity contribution in [2.24, 2.45) is 0 Å². The second-order valence-corrected chi connectivity index (χ2v) is 2.24. The summed E-state index contributed by atoms with van der Waals surface area (Å²) >= 11 is 0. The summed E-state index contributed by atoms with van der Waals surface area (Å²) in [5.41, 5.74) is 2.13. The minimum absolute atomic E-state index is 0.153. The van der Waals surface area contributed by atoms with Gasteiger partial charge in [0, 0.05) is 5.59 Å². The normalized spacial score (nSPS) is 9.70. The van der Waals surface area contributed by atoms with Crippen molar-refractivity contribution >= 4 is 0 Å². The predicted molar refractivity (Wildman–Crippen MR) is 36.7 cm³/mol. The van der Waals surface area contributed by atoms with Crippen LogP contribution in [0.15, 0.2) is 0 Å². The first-order chi connectivity index (χ1) is 4.59. The van der Waals surface area contributed by atoms with E-state index < -0.39 is 0 Å². The zero-order valence-electron chi connectivity index (χ0n) is 6.79. The Morgan fingerprint density at radius 1 is 1.60 bits per heavy atom. The van der Waals surface area contributed by atoms with Crippen molar-refractivity contribution in [1.29, 1.82) is 0 Å². The maximum absolute atomic E-state index is 10.8. The molecular formula is C5H14N3O2+. The van der Waals surface area contributed by atoms with E-state index in [0.717, 1.165) is 0 Å². The largest absolute Gasteiger partial charge is 0.274 e. The molecule has 0 saturated carbocycles. The van der Waals surface area contributed by atoms with Crippen molar-refractivity contribution < 1.29 is 9.82 Å². The van der Waals surface area contributed by atoms with Gasteiger partial charge < -0.3 is 0 Å². The van der Waals surface area contributed by atoms with Gasteiger partial charge in [-0.1, -0.05) is 0 Å². The Labute approximate surface area is 60.4 Å². The van der Waals surface area contributed by atoms with Gasteiger partial charge in [0.2, 0.25) is 0 Å². The molecule has 0 aliphatic rings. The van der Waals surface area contributed by atoms with E-state index in [0.29, 0.717) is 4.98 Å². The molecule has 0 saturated heterocycles. The predicted octanol–water partition coefficient (Wildman–Crippen LogP) is 0.0865. The maximum Gasteiger partial charge on any atom is 0.274 e. The molecule has 0 atom stereocenters. The summed E-state index contributed by atoms with van der Waals surface area (Å²) in [4.78, 5) is 15.7. The number of rotatable bonds is 4. The number of nitrogens with zero attached hydrogens (tertiary/aromatic N) is 2. The van der Waals surface area contributed by atoms with Crippen LogP contribution in [-0.4, -0.2) is 30.2 Å². The average molecular weight is 148 g/mol. The first kappa shape index (κ1) is 9.16. The molecule has 0 rings (SSSR count). The highest BCUT2D eigenvalue weighted by molar-refractivity contribution is 4.40. The summed E-state index contributed by atoms with van der Waals surface area (Å²) in [7, 11) is 3.06. The van der Waals surface area contributed by atoms with Crippen LogP contribution >= 0.6 is 0 Å². The first-order valence-corrected chi connectivity index (χ1v) is 3.08. The molecular weight excluding hydrogens is 134 g/mol. The summed E-state index contributed by atoms with van der Waals surface area (Å²) in [5.74, 6) is 0. The molecule has 0 aliphatic heterocycles. The molecule has 0 bridgehead atoms. The molecule has 0 amide bonds. The number of hydrogen-bond donors (Lipinski definition) is 1. The molecule has 0 spiro atoms. The Balaban J connectivity index is 3.71. The zero-order chi connectivity index (χ0) is 8.15. The molecule has 0 aromatic carbocycles. The van der Waals surface area contributed by atoms with Crippen LogP contribution in [0.3, 0.4) is 0 Å². The summed E-state index contributed by atoms with van der Waals surface area (Å²) in [5, 5.41) is 1.46. The third-order valence-corrected chi connectivity index (χ3v) is 1.20. The zero-order valence-corrected chi connectivity index (χ0v) is 6.79. The minimum Gasteiger partial charge on any atom is -0.226 e. The van der Waals surface area contributed by atoms with Gasteiger partial charge in [0.15, 0.2) is 0 Å². The van der Waals surface area contributed by atoms with Gasteiger partial charge in [-0.05, 0) is 13.8 Å². The second-order valence-electron chi connectivity index (χ2n) is 2.24. The molecule has 60 valence electrons. The molecule has 0 unspecified atom stereocenters. The molecule has 1 N–H and O–H groups in total. The molecule has 10 heavy (non-hydrogen) atoms. The summed E-state index contributed by atoms with van der Waals surface area (Å²) in [6.07, 6.45) is 0. The molecule has 0 heterocycles. The van der Waals surface area contributed by atoms with Gasteiger partial charge in [0.1, 0.15) is 0 Å². The van der Waals surface area contributed by atoms with Crippen molar-refractivity contribution in [3.05, 3.63) is 4.91 Å². The van der Waals surface area contributed by atoms with Crippen LogP contribution < -0.4 is 5.59 Å². The van der Waals surface area contributed by atoms with Gasteiger partial charge in [-0.25, -0.2) is 4.84 Å². The molecule has 0 aliphatic carbocycles. The fraction of sp³-hybridized carbons (Fsp3) is 1.00. The molecule has 0 aromatic heterocycles. The summed E-state index contributed by atoms with van der Waals surface area (Å²) in [6.45, 7) is 3.81. The Kier molecular flexibility index (Phi) is 3.71. The van der Waals surface area contributed by atoms with Crippen LogP contribution in [0, 0.1) is 4.91 Å². The van der Waals surface area contributed by atoms with Gasteiger partial charge in [-0.2, -0.15) is 0 Å². The van der Waals surface area contributed by atoms with Crippen LogP contribution in [-0.2, 0) is 4.84 Å². The molecule has 0 fully saturated rings. The first-order valence-electron chi connectivity index (χ1n) is 3.08. The third kappa shape index (κ3) is 2.63. The highest BCUT2D eigenvalue weighted by Gasteiger charge is 2.18. The van der Waals surface area contributed by atoms with Gasteiger partial charge in [-0.15, -0.1) is 5.01 Å². The van der Waals surface area contributed by atoms with E-state index in [9.17, 15) is 4.91 Å². The highest BCUT2D eigenvalue weighted by Crippen LogP contribution is 1.90. The van der Waals surface area contributed by atoms with E-state index >= 15 is 0 Å². The fourth-order valence-corrected chi connectivity index (χ4v) is 0.352. The van der Waals surface area contributed by atoms with Gasteiger partial charge in [0.05, 0.1) is 25.1 Å². The van der Waals surface area contributed by atoms with Gasteiger partial charge in [-0.3, -0.25) is 0 Å². The van der Waals surface area contributed by atoms with Gasteiger partial charge in [0.25, 0.3) is 4.98 Å². The van der Waals surface area contributed by atoms with E-state index in [1.54, 1.807) is 7.05 Å². The number of nitroso groups, excluding NO2 is 1. The standard InChI is InChI=1S/C5H14N3O2/c1-5(2)7(3)8(9)6-10-4/h5H,1-4H3,(H,6,9)/q+1. The maximum atomic E-state index is 10.8. The lowest BCUT2D eigenvalue weighted by Crippen LogP contribution is -2.42. The van der Waals surface area contributed by atoms with Crippen LogP contribution in [0.25, 0.3) is 0 Å². The number of nitrogens with one attached hydrogen (secondary N) is 1. The summed E-state index contributed by atoms with van der Waals surface area (Å²) in [6, 6.07) is 0.153. The van der Waals surface area contributed by atoms with Crippen molar-refractivity contribution in [3.63, 3.8) is 0 Å². The van der Waals surface area contributed by atoms with Crippen molar-refractivity contribution in [1.82, 2.24) is 10.6 Å². The van der Waals surface area contributed by atoms with E-state index in [4.69, 9.17) is 0 Å². The van der Waals surface area contributed by atoms with Crippen molar-refractivity contribution in [2.75, 3.05) is 14.2 Å². The highest BCUT2D eigenvalue weighted by atomic mass is 16.7. The van der Waals surface area contributed by atoms with E-state index in [1.165, 1.54) is 12.1 Å². The lowest BCUT2D eigenvalue weighted by Gasteiger charge is -2.10. The smallest absolute Gasteiger partial charge is 0.226 e. The summed E-state index contributed by atoms with van der Waals surface area (Å²) < 4.78 is 0. The average Bonchev–Trinajstić information content (AvgIpc) is 1.87. The van der Waals surface area contributed by atoms with Crippen LogP contribution in [0.1, 0.15) is 13.8 Å². The van der Waals surface area contributed by atoms with Crippen LogP contribution in [0.5, 0.6) is 0 Å². The van der Waals surface area contributed by atoms with Crippen LogP contribution in [0.2, 0.25) is 0 Å². The lowest BCUT2D eigenvalue weighted by atomic mass is 10.4. The minimum atomic E-state index is 0.153. The SMILES string of the molecule is CON[N+](=O)N(C)C(C)C. The Morgan fingerprint density at radius 2 is 2.10 bits per heavy atom. The fourth-order valence-electron chi connectivity index (χ4n) is 0.352. The Hall–Kier alpha value is -0.840. The van der Waals surface area contributed by atoms with Crippen LogP contribution in [0.4, 0.5) is 0 Å². The van der Waals surface area contributed by atoms with E-state index in [1.807, 2.05) is 13.8 Å². The second kappa shape index (κ2) is 4.05. The number of hydrazine groups is 2. The Morgan fingerprint density at radius 3 is 2.40 bits per heavy atom. The molecule has 5 heteroatoms. The third-order valence-electron chi connectivity index (χ3n) is 1.20. The van der Waals surface area contributed by atoms with Gasteiger partial charge >= 0.3 is 0 Å². The topological polar surface area (TPSA) is 44.6 Å². The number of hydrogen-bond acceptors (Lipinski definition) is 2. The molecule has 5 nitrogen and oxygen atoms in total. The monoisotopic (exact) mass is 148 g/mol. The Bertz CT molecular complexity index is 115. The lowest BCUT2D eigenvalue weighted by molar-refractivity contribution is -0.787. The van der Waals surface area contributed by atoms with Crippen molar-refractivity contribution in [3.8, 4) is 0 Å². The molecule has 0 radical (unpaired) electrons. The molecule has 0 aromatic rings. The van der Waals surface area contributed by atoms with E-state index in [-0.39, 0.29) is 6.04 Å². The van der Waals surface area contributed by atoms with E-state index in [2.05, 4.69) is 10.4 Å². The quantitative estimate of drug-likeness (QED) is 0.453. The van der Waals surface area contributed by atoms with Crippen molar-refractivity contribution in [2.45, 2.75) is 19.9 Å².